The van der Waals surface area contributed by atoms with E-state index in [9.17, 15) is 14.4 Å². The van der Waals surface area contributed by atoms with Crippen molar-refractivity contribution in [2.45, 2.75) is 6.92 Å². The molecule has 0 spiro atoms. The number of amides is 1. The molecule has 0 aliphatic heterocycles. The summed E-state index contributed by atoms with van der Waals surface area (Å²) in [5.74, 6) is -0.631. The van der Waals surface area contributed by atoms with E-state index < -0.39 is 24.4 Å². The molecule has 180 valence electrons. The molecular weight excluding hydrogens is 462 g/mol. The highest BCUT2D eigenvalue weighted by Crippen LogP contribution is 2.34. The van der Waals surface area contributed by atoms with E-state index in [1.165, 1.54) is 9.47 Å². The molecule has 0 atom stereocenters. The van der Waals surface area contributed by atoms with Gasteiger partial charge in [0.1, 0.15) is 12.2 Å². The quantitative estimate of drug-likeness (QED) is 0.280. The molecule has 0 bridgehead atoms. The van der Waals surface area contributed by atoms with Gasteiger partial charge in [-0.3, -0.25) is 9.59 Å². The van der Waals surface area contributed by atoms with E-state index >= 15 is 0 Å². The molecule has 0 aliphatic rings. The third-order valence-corrected chi connectivity index (χ3v) is 5.44. The number of likely N-dealkylation sites (N-methyl/N-ethyl adjacent to an activating group) is 1. The SMILES string of the molecule is CCN(C(=O)c1c(OCOC(=O)OCCNC)c2c(Cl)cccc2n(C)c1=O)c1ccccc1. The third-order valence-electron chi connectivity index (χ3n) is 5.12. The molecule has 1 amide bonds. The first kappa shape index (κ1) is 25.1. The number of ether oxygens (including phenoxy) is 3. The Morgan fingerprint density at radius 2 is 1.82 bits per heavy atom. The number of halogens is 1. The molecule has 1 N–H and O–H groups in total. The fourth-order valence-electron chi connectivity index (χ4n) is 3.45. The number of fused-ring (bicyclic) bond motifs is 1. The van der Waals surface area contributed by atoms with Crippen LogP contribution in [0.4, 0.5) is 10.5 Å². The van der Waals surface area contributed by atoms with Gasteiger partial charge in [0.25, 0.3) is 11.5 Å². The lowest BCUT2D eigenvalue weighted by atomic mass is 10.1. The normalized spacial score (nSPS) is 10.7. The van der Waals surface area contributed by atoms with E-state index in [-0.39, 0.29) is 22.9 Å². The Bertz CT molecular complexity index is 1230. The lowest BCUT2D eigenvalue weighted by Gasteiger charge is -2.23. The first-order chi connectivity index (χ1) is 16.4. The minimum atomic E-state index is -0.943. The number of rotatable bonds is 9. The minimum absolute atomic E-state index is 0.0638. The molecule has 1 heterocycles. The number of hydrogen-bond acceptors (Lipinski definition) is 7. The molecule has 10 heteroatoms. The van der Waals surface area contributed by atoms with Gasteiger partial charge in [-0.05, 0) is 38.2 Å². The molecular formula is C24H26ClN3O6. The fourth-order valence-corrected chi connectivity index (χ4v) is 3.71. The van der Waals surface area contributed by atoms with E-state index in [0.29, 0.717) is 29.7 Å². The Labute approximate surface area is 201 Å². The van der Waals surface area contributed by atoms with Gasteiger partial charge < -0.3 is 29.0 Å². The van der Waals surface area contributed by atoms with Crippen molar-refractivity contribution in [2.75, 3.05) is 38.4 Å². The van der Waals surface area contributed by atoms with Crippen LogP contribution in [0, 0.1) is 0 Å². The third kappa shape index (κ3) is 5.32. The van der Waals surface area contributed by atoms with Crippen molar-refractivity contribution in [2.24, 2.45) is 7.05 Å². The van der Waals surface area contributed by atoms with Crippen LogP contribution in [0.5, 0.6) is 5.75 Å². The van der Waals surface area contributed by atoms with Crippen molar-refractivity contribution >= 4 is 40.3 Å². The second kappa shape index (κ2) is 11.5. The number of nitrogens with zero attached hydrogens (tertiary/aromatic N) is 2. The molecule has 2 aromatic carbocycles. The number of nitrogens with one attached hydrogen (secondary N) is 1. The Morgan fingerprint density at radius 3 is 2.50 bits per heavy atom. The van der Waals surface area contributed by atoms with Crippen molar-refractivity contribution in [3.63, 3.8) is 0 Å². The maximum Gasteiger partial charge on any atom is 0.511 e. The number of carbonyl (C=O) groups is 2. The molecule has 3 rings (SSSR count). The van der Waals surface area contributed by atoms with Crippen molar-refractivity contribution in [3.8, 4) is 5.75 Å². The molecule has 0 radical (unpaired) electrons. The van der Waals surface area contributed by atoms with Crippen LogP contribution in [-0.4, -0.2) is 50.2 Å². The molecule has 0 fully saturated rings. The Hall–Kier alpha value is -3.56. The van der Waals surface area contributed by atoms with Crippen LogP contribution in [0.2, 0.25) is 5.02 Å². The van der Waals surface area contributed by atoms with Gasteiger partial charge >= 0.3 is 6.16 Å². The summed E-state index contributed by atoms with van der Waals surface area (Å²) in [6.45, 7) is 2.09. The molecule has 0 saturated carbocycles. The summed E-state index contributed by atoms with van der Waals surface area (Å²) in [6, 6.07) is 14.0. The second-order valence-electron chi connectivity index (χ2n) is 7.20. The second-order valence-corrected chi connectivity index (χ2v) is 7.60. The number of aryl methyl sites for hydroxylation is 1. The van der Waals surface area contributed by atoms with Crippen LogP contribution in [0.3, 0.4) is 0 Å². The first-order valence-electron chi connectivity index (χ1n) is 10.7. The molecule has 0 saturated heterocycles. The minimum Gasteiger partial charge on any atom is -0.455 e. The van der Waals surface area contributed by atoms with Crippen LogP contribution in [0.25, 0.3) is 10.9 Å². The lowest BCUT2D eigenvalue weighted by molar-refractivity contribution is 0.00560. The van der Waals surface area contributed by atoms with Crippen LogP contribution < -0.4 is 20.5 Å². The Kier molecular flexibility index (Phi) is 8.50. The molecule has 9 nitrogen and oxygen atoms in total. The number of hydrogen-bond donors (Lipinski definition) is 1. The van der Waals surface area contributed by atoms with Gasteiger partial charge in [0.15, 0.2) is 5.75 Å². The summed E-state index contributed by atoms with van der Waals surface area (Å²) >= 11 is 6.46. The molecule has 0 unspecified atom stereocenters. The Morgan fingerprint density at radius 1 is 1.09 bits per heavy atom. The zero-order chi connectivity index (χ0) is 24.7. The van der Waals surface area contributed by atoms with Crippen molar-refractivity contribution in [1.29, 1.82) is 0 Å². The van der Waals surface area contributed by atoms with Gasteiger partial charge in [-0.1, -0.05) is 35.9 Å². The fraction of sp³-hybridized carbons (Fsp3) is 0.292. The van der Waals surface area contributed by atoms with Gasteiger partial charge in [-0.2, -0.15) is 0 Å². The van der Waals surface area contributed by atoms with E-state index in [4.69, 9.17) is 25.8 Å². The molecule has 1 aromatic heterocycles. The van der Waals surface area contributed by atoms with E-state index in [0.717, 1.165) is 0 Å². The number of pyridine rings is 1. The largest absolute Gasteiger partial charge is 0.511 e. The van der Waals surface area contributed by atoms with Crippen LogP contribution in [-0.2, 0) is 16.5 Å². The molecule has 34 heavy (non-hydrogen) atoms. The Balaban J connectivity index is 2.05. The summed E-state index contributed by atoms with van der Waals surface area (Å²) in [4.78, 5) is 40.2. The van der Waals surface area contributed by atoms with Gasteiger partial charge in [0, 0.05) is 25.8 Å². The van der Waals surface area contributed by atoms with Crippen LogP contribution in [0.15, 0.2) is 53.3 Å². The van der Waals surface area contributed by atoms with Gasteiger partial charge in [-0.15, -0.1) is 0 Å². The number of aromatic nitrogens is 1. The van der Waals surface area contributed by atoms with Gasteiger partial charge in [0.05, 0.1) is 15.9 Å². The van der Waals surface area contributed by atoms with E-state index in [2.05, 4.69) is 5.32 Å². The topological polar surface area (TPSA) is 99.1 Å². The number of carbonyl (C=O) groups excluding carboxylic acids is 2. The number of anilines is 1. The molecule has 0 aliphatic carbocycles. The standard InChI is InChI=1S/C24H26ClN3O6/c1-4-28(16-9-6-5-7-10-16)23(30)20-21(33-15-34-24(31)32-14-13-26-2)19-17(25)11-8-12-18(19)27(3)22(20)29/h5-12,26H,4,13-15H2,1-3H3. The van der Waals surface area contributed by atoms with Crippen LogP contribution >= 0.6 is 11.6 Å². The summed E-state index contributed by atoms with van der Waals surface area (Å²) in [5, 5.41) is 3.46. The number of para-hydroxylation sites is 1. The summed E-state index contributed by atoms with van der Waals surface area (Å²) in [5.41, 5.74) is 0.289. The smallest absolute Gasteiger partial charge is 0.455 e. The highest BCUT2D eigenvalue weighted by molar-refractivity contribution is 6.36. The number of benzene rings is 2. The zero-order valence-electron chi connectivity index (χ0n) is 19.2. The maximum atomic E-state index is 13.6. The monoisotopic (exact) mass is 487 g/mol. The lowest BCUT2D eigenvalue weighted by Crippen LogP contribution is -2.37. The van der Waals surface area contributed by atoms with Crippen molar-refractivity contribution < 1.29 is 23.8 Å². The van der Waals surface area contributed by atoms with E-state index in [1.54, 1.807) is 63.5 Å². The van der Waals surface area contributed by atoms with E-state index in [1.807, 2.05) is 6.07 Å². The maximum absolute atomic E-state index is 13.6. The van der Waals surface area contributed by atoms with Crippen molar-refractivity contribution in [1.82, 2.24) is 9.88 Å². The molecule has 3 aromatic rings. The summed E-state index contributed by atoms with van der Waals surface area (Å²) < 4.78 is 16.9. The average Bonchev–Trinajstić information content (AvgIpc) is 2.83. The predicted octanol–water partition coefficient (Wildman–Crippen LogP) is 3.57. The average molecular weight is 488 g/mol. The predicted molar refractivity (Wildman–Crippen MR) is 130 cm³/mol. The summed E-state index contributed by atoms with van der Waals surface area (Å²) in [7, 11) is 3.27. The highest BCUT2D eigenvalue weighted by atomic mass is 35.5. The zero-order valence-corrected chi connectivity index (χ0v) is 19.9. The van der Waals surface area contributed by atoms with Gasteiger partial charge in [0.2, 0.25) is 6.79 Å². The first-order valence-corrected chi connectivity index (χ1v) is 11.0. The summed E-state index contributed by atoms with van der Waals surface area (Å²) in [6.07, 6.45) is -0.943. The highest BCUT2D eigenvalue weighted by Gasteiger charge is 2.28. The van der Waals surface area contributed by atoms with Crippen LogP contribution in [0.1, 0.15) is 17.3 Å². The van der Waals surface area contributed by atoms with Crippen molar-refractivity contribution in [3.05, 3.63) is 69.5 Å². The van der Waals surface area contributed by atoms with Gasteiger partial charge in [-0.25, -0.2) is 4.79 Å².